The number of aromatic nitrogens is 4. The first kappa shape index (κ1) is 22.4. The molecule has 4 aromatic rings. The first-order valence-corrected chi connectivity index (χ1v) is 10.7. The molecule has 0 aliphatic heterocycles. The monoisotopic (exact) mass is 452 g/mol. The van der Waals surface area contributed by atoms with Gasteiger partial charge >= 0.3 is 5.97 Å². The van der Waals surface area contributed by atoms with Gasteiger partial charge in [-0.2, -0.15) is 5.10 Å². The van der Waals surface area contributed by atoms with Gasteiger partial charge in [0, 0.05) is 17.5 Å². The van der Waals surface area contributed by atoms with Gasteiger partial charge in [0.05, 0.1) is 35.1 Å². The molecule has 0 saturated carbocycles. The van der Waals surface area contributed by atoms with Crippen molar-refractivity contribution in [1.82, 2.24) is 19.7 Å². The molecule has 0 unspecified atom stereocenters. The quantitative estimate of drug-likeness (QED) is 0.448. The Labute approximate surface area is 189 Å². The molecule has 33 heavy (non-hydrogen) atoms. The van der Waals surface area contributed by atoms with E-state index in [9.17, 15) is 14.0 Å². The van der Waals surface area contributed by atoms with Crippen LogP contribution >= 0.6 is 0 Å². The predicted octanol–water partition coefficient (Wildman–Crippen LogP) is 3.74. The van der Waals surface area contributed by atoms with Gasteiger partial charge in [-0.25, -0.2) is 14.1 Å². The van der Waals surface area contributed by atoms with Crippen LogP contribution in [0.15, 0.2) is 41.2 Å². The van der Waals surface area contributed by atoms with Crippen LogP contribution in [0.3, 0.4) is 0 Å². The van der Waals surface area contributed by atoms with Gasteiger partial charge in [-0.1, -0.05) is 18.2 Å². The van der Waals surface area contributed by atoms with Gasteiger partial charge in [-0.15, -0.1) is 0 Å². The fourth-order valence-electron chi connectivity index (χ4n) is 3.61. The molecule has 1 N–H and O–H groups in total. The maximum Gasteiger partial charge on any atom is 0.328 e. The third-order valence-corrected chi connectivity index (χ3v) is 4.86. The van der Waals surface area contributed by atoms with Crippen molar-refractivity contribution < 1.29 is 18.7 Å². The average Bonchev–Trinajstić information content (AvgIpc) is 3.11. The highest BCUT2D eigenvalue weighted by atomic mass is 19.1. The standard InChI is InChI=1S/C24H25FN4O4/c1-5-32-20-11-19-18(10-16(20)25)26-21(27-19)12-17-14-8-6-7-9-15(14)23(31)29(28-17)13-22(30)33-24(2,3)4/h6-11H,5,12-13H2,1-4H3,(H,26,27). The summed E-state index contributed by atoms with van der Waals surface area (Å²) in [6.45, 7) is 7.09. The number of carbonyl (C=O) groups is 1. The number of halogens is 1. The van der Waals surface area contributed by atoms with Crippen LogP contribution in [0.1, 0.15) is 39.2 Å². The third-order valence-electron chi connectivity index (χ3n) is 4.86. The molecule has 9 heteroatoms. The molecule has 4 rings (SSSR count). The van der Waals surface area contributed by atoms with E-state index in [0.717, 1.165) is 4.68 Å². The SMILES string of the molecule is CCOc1cc2nc(Cc3nn(CC(=O)OC(C)(C)C)c(=O)c4ccccc34)[nH]c2cc1F. The molecule has 0 aliphatic rings. The van der Waals surface area contributed by atoms with Crippen molar-refractivity contribution in [1.29, 1.82) is 0 Å². The second-order valence-corrected chi connectivity index (χ2v) is 8.63. The van der Waals surface area contributed by atoms with Crippen LogP contribution in [0.25, 0.3) is 21.8 Å². The fraction of sp³-hybridized carbons (Fsp3) is 0.333. The Morgan fingerprint density at radius 1 is 1.18 bits per heavy atom. The third kappa shape index (κ3) is 4.87. The lowest BCUT2D eigenvalue weighted by molar-refractivity contribution is -0.155. The highest BCUT2D eigenvalue weighted by molar-refractivity contribution is 5.84. The van der Waals surface area contributed by atoms with Crippen LogP contribution in [0, 0.1) is 5.82 Å². The van der Waals surface area contributed by atoms with Crippen molar-refractivity contribution in [3.05, 3.63) is 64.1 Å². The van der Waals surface area contributed by atoms with E-state index in [0.29, 0.717) is 39.9 Å². The van der Waals surface area contributed by atoms with Crippen molar-refractivity contribution in [2.75, 3.05) is 6.61 Å². The van der Waals surface area contributed by atoms with Gasteiger partial charge in [-0.3, -0.25) is 9.59 Å². The molecule has 8 nitrogen and oxygen atoms in total. The molecule has 2 aromatic carbocycles. The van der Waals surface area contributed by atoms with Crippen LogP contribution in [0.5, 0.6) is 5.75 Å². The first-order valence-electron chi connectivity index (χ1n) is 10.7. The number of fused-ring (bicyclic) bond motifs is 2. The van der Waals surface area contributed by atoms with Crippen LogP contribution in [-0.2, 0) is 22.5 Å². The number of nitrogens with one attached hydrogen (secondary N) is 1. The highest BCUT2D eigenvalue weighted by Gasteiger charge is 2.20. The Balaban J connectivity index is 1.73. The fourth-order valence-corrected chi connectivity index (χ4v) is 3.61. The minimum Gasteiger partial charge on any atom is -0.491 e. The van der Waals surface area contributed by atoms with Crippen LogP contribution in [0.2, 0.25) is 0 Å². The van der Waals surface area contributed by atoms with Crippen molar-refractivity contribution in [2.45, 2.75) is 46.3 Å². The Kier molecular flexibility index (Phi) is 5.88. The van der Waals surface area contributed by atoms with E-state index >= 15 is 0 Å². The Morgan fingerprint density at radius 2 is 1.91 bits per heavy atom. The van der Waals surface area contributed by atoms with Gasteiger partial charge in [0.1, 0.15) is 18.0 Å². The summed E-state index contributed by atoms with van der Waals surface area (Å²) in [5.41, 5.74) is 0.578. The smallest absolute Gasteiger partial charge is 0.328 e. The molecule has 2 heterocycles. The largest absolute Gasteiger partial charge is 0.491 e. The zero-order valence-corrected chi connectivity index (χ0v) is 18.9. The molecule has 0 spiro atoms. The molecule has 0 aliphatic carbocycles. The normalized spacial score (nSPS) is 11.8. The molecular formula is C24H25FN4O4. The van der Waals surface area contributed by atoms with Gasteiger partial charge in [0.15, 0.2) is 11.6 Å². The van der Waals surface area contributed by atoms with E-state index in [1.807, 2.05) is 6.07 Å². The molecule has 0 atom stereocenters. The highest BCUT2D eigenvalue weighted by Crippen LogP contribution is 2.25. The summed E-state index contributed by atoms with van der Waals surface area (Å²) in [6.07, 6.45) is 0.245. The zero-order chi connectivity index (χ0) is 23.8. The molecule has 0 bridgehead atoms. The minimum atomic E-state index is -0.676. The van der Waals surface area contributed by atoms with E-state index in [4.69, 9.17) is 9.47 Å². The predicted molar refractivity (Wildman–Crippen MR) is 122 cm³/mol. The van der Waals surface area contributed by atoms with Gasteiger partial charge in [0.2, 0.25) is 0 Å². The first-order chi connectivity index (χ1) is 15.6. The number of H-pyrrole nitrogens is 1. The minimum absolute atomic E-state index is 0.137. The summed E-state index contributed by atoms with van der Waals surface area (Å²) in [6, 6.07) is 9.94. The number of hydrogen-bond acceptors (Lipinski definition) is 6. The van der Waals surface area contributed by atoms with Crippen LogP contribution in [-0.4, -0.2) is 37.9 Å². The molecule has 2 aromatic heterocycles. The zero-order valence-electron chi connectivity index (χ0n) is 18.9. The lowest BCUT2D eigenvalue weighted by Crippen LogP contribution is -2.32. The van der Waals surface area contributed by atoms with Gasteiger partial charge < -0.3 is 14.5 Å². The maximum atomic E-state index is 14.2. The number of rotatable bonds is 6. The number of nitrogens with zero attached hydrogens (tertiary/aromatic N) is 3. The van der Waals surface area contributed by atoms with Crippen LogP contribution in [0.4, 0.5) is 4.39 Å². The number of esters is 1. The Bertz CT molecular complexity index is 1400. The lowest BCUT2D eigenvalue weighted by atomic mass is 10.1. The van der Waals surface area contributed by atoms with E-state index in [-0.39, 0.29) is 24.3 Å². The summed E-state index contributed by atoms with van der Waals surface area (Å²) in [5.74, 6) is -0.356. The summed E-state index contributed by atoms with van der Waals surface area (Å²) in [5, 5.41) is 5.54. The summed E-state index contributed by atoms with van der Waals surface area (Å²) < 4.78 is 26.0. The van der Waals surface area contributed by atoms with E-state index in [2.05, 4.69) is 15.1 Å². The molecule has 0 radical (unpaired) electrons. The van der Waals surface area contributed by atoms with E-state index in [1.165, 1.54) is 6.07 Å². The number of benzene rings is 2. The van der Waals surface area contributed by atoms with E-state index in [1.54, 1.807) is 52.0 Å². The molecule has 172 valence electrons. The molecule has 0 fully saturated rings. The molecular weight excluding hydrogens is 427 g/mol. The lowest BCUT2D eigenvalue weighted by Gasteiger charge is -2.19. The Hall–Kier alpha value is -3.75. The summed E-state index contributed by atoms with van der Waals surface area (Å²) in [4.78, 5) is 32.9. The average molecular weight is 452 g/mol. The van der Waals surface area contributed by atoms with Crippen LogP contribution < -0.4 is 10.3 Å². The topological polar surface area (TPSA) is 99.1 Å². The number of imidazole rings is 1. The Morgan fingerprint density at radius 3 is 2.61 bits per heavy atom. The van der Waals surface area contributed by atoms with Crippen molar-refractivity contribution in [3.63, 3.8) is 0 Å². The van der Waals surface area contributed by atoms with Gasteiger partial charge in [-0.05, 0) is 33.8 Å². The molecule has 0 amide bonds. The van der Waals surface area contributed by atoms with E-state index < -0.39 is 17.4 Å². The second kappa shape index (κ2) is 8.65. The number of aromatic amines is 1. The number of carbonyl (C=O) groups excluding carboxylic acids is 1. The number of hydrogen-bond donors (Lipinski definition) is 1. The second-order valence-electron chi connectivity index (χ2n) is 8.63. The number of ether oxygens (including phenoxy) is 2. The van der Waals surface area contributed by atoms with Crippen molar-refractivity contribution >= 4 is 27.8 Å². The van der Waals surface area contributed by atoms with Crippen molar-refractivity contribution in [2.24, 2.45) is 0 Å². The maximum absolute atomic E-state index is 14.2. The summed E-state index contributed by atoms with van der Waals surface area (Å²) >= 11 is 0. The van der Waals surface area contributed by atoms with Gasteiger partial charge in [0.25, 0.3) is 5.56 Å². The summed E-state index contributed by atoms with van der Waals surface area (Å²) in [7, 11) is 0. The van der Waals surface area contributed by atoms with Crippen molar-refractivity contribution in [3.8, 4) is 5.75 Å². The molecule has 0 saturated heterocycles.